The summed E-state index contributed by atoms with van der Waals surface area (Å²) in [7, 11) is 0. The topological polar surface area (TPSA) is 26.3 Å². The number of halogens is 1. The smallest absolute Gasteiger partial charge is 0.320 e. The summed E-state index contributed by atoms with van der Waals surface area (Å²) in [4.78, 5) is 12.4. The number of allylic oxidation sites excluding steroid dienone is 1. The van der Waals surface area contributed by atoms with Gasteiger partial charge in [-0.15, -0.1) is 0 Å². The van der Waals surface area contributed by atoms with E-state index in [0.717, 1.165) is 48.3 Å². The van der Waals surface area contributed by atoms with E-state index in [2.05, 4.69) is 70.5 Å². The minimum atomic E-state index is -0.195. The van der Waals surface area contributed by atoms with Crippen molar-refractivity contribution in [3.63, 3.8) is 0 Å². The molecule has 2 nitrogen and oxygen atoms in total. The van der Waals surface area contributed by atoms with Gasteiger partial charge in [0.1, 0.15) is 10.9 Å². The van der Waals surface area contributed by atoms with Gasteiger partial charge in [0.05, 0.1) is 0 Å². The Morgan fingerprint density at radius 2 is 1.77 bits per heavy atom. The molecule has 0 saturated heterocycles. The minimum Gasteiger partial charge on any atom is -0.461 e. The minimum absolute atomic E-state index is 0.0635. The molecule has 0 aromatic rings. The van der Waals surface area contributed by atoms with Crippen LogP contribution in [0, 0.1) is 52.3 Å². The molecular formula is C32H53BrO2. The summed E-state index contributed by atoms with van der Waals surface area (Å²) >= 11 is 3.54. The largest absolute Gasteiger partial charge is 0.461 e. The highest BCUT2D eigenvalue weighted by Crippen LogP contribution is 2.67. The number of rotatable bonds is 8. The molecule has 35 heavy (non-hydrogen) atoms. The maximum absolute atomic E-state index is 12.6. The van der Waals surface area contributed by atoms with Crippen molar-refractivity contribution in [2.45, 2.75) is 130 Å². The maximum atomic E-state index is 12.6. The SMILES string of the molecule is CC(C)CCC[C@@H](C)[C@H]1CC[C@H]2[C@@H]3CC=C4C[C@H](OC(=O)[C@@H](Br)C(C)C)CC[C@]4(C)[C@H]3CC[C@]12C. The van der Waals surface area contributed by atoms with Gasteiger partial charge in [-0.1, -0.05) is 95.3 Å². The number of fused-ring (bicyclic) bond motifs is 5. The van der Waals surface area contributed by atoms with Crippen molar-refractivity contribution in [1.29, 1.82) is 0 Å². The van der Waals surface area contributed by atoms with Gasteiger partial charge in [0.2, 0.25) is 0 Å². The summed E-state index contributed by atoms with van der Waals surface area (Å²) in [5, 5.41) is 0. The van der Waals surface area contributed by atoms with Gasteiger partial charge in [0.25, 0.3) is 0 Å². The second-order valence-corrected chi connectivity index (χ2v) is 15.2. The fourth-order valence-corrected chi connectivity index (χ4v) is 9.36. The molecule has 0 spiro atoms. The van der Waals surface area contributed by atoms with Gasteiger partial charge in [-0.25, -0.2) is 0 Å². The van der Waals surface area contributed by atoms with Crippen LogP contribution in [0.4, 0.5) is 0 Å². The van der Waals surface area contributed by atoms with E-state index in [4.69, 9.17) is 4.74 Å². The van der Waals surface area contributed by atoms with Crippen molar-refractivity contribution in [1.82, 2.24) is 0 Å². The predicted octanol–water partition coefficient (Wildman–Crippen LogP) is 9.36. The first-order valence-electron chi connectivity index (χ1n) is 15.0. The average molecular weight is 550 g/mol. The number of hydrogen-bond donors (Lipinski definition) is 0. The lowest BCUT2D eigenvalue weighted by Gasteiger charge is -2.58. The highest BCUT2D eigenvalue weighted by molar-refractivity contribution is 9.10. The summed E-state index contributed by atoms with van der Waals surface area (Å²) in [5.74, 6) is 5.42. The van der Waals surface area contributed by atoms with Gasteiger partial charge in [-0.3, -0.25) is 4.79 Å². The van der Waals surface area contributed by atoms with E-state index in [-0.39, 0.29) is 22.8 Å². The first-order valence-corrected chi connectivity index (χ1v) is 15.9. The van der Waals surface area contributed by atoms with Crippen LogP contribution in [0.1, 0.15) is 119 Å². The molecule has 0 heterocycles. The Labute approximate surface area is 224 Å². The van der Waals surface area contributed by atoms with E-state index in [1.807, 2.05) is 0 Å². The number of hydrogen-bond acceptors (Lipinski definition) is 2. The lowest BCUT2D eigenvalue weighted by atomic mass is 9.47. The molecule has 4 aliphatic rings. The Bertz CT molecular complexity index is 786. The van der Waals surface area contributed by atoms with E-state index < -0.39 is 0 Å². The van der Waals surface area contributed by atoms with Crippen LogP contribution >= 0.6 is 15.9 Å². The molecule has 0 aromatic carbocycles. The molecular weight excluding hydrogens is 496 g/mol. The number of alkyl halides is 1. The van der Waals surface area contributed by atoms with Crippen LogP contribution in [-0.4, -0.2) is 16.9 Å². The van der Waals surface area contributed by atoms with Crippen molar-refractivity contribution in [2.75, 3.05) is 0 Å². The first kappa shape index (κ1) is 27.7. The van der Waals surface area contributed by atoms with Crippen LogP contribution in [0.15, 0.2) is 11.6 Å². The molecule has 9 atom stereocenters. The van der Waals surface area contributed by atoms with Gasteiger partial charge in [-0.05, 0) is 97.2 Å². The molecule has 3 heteroatoms. The molecule has 0 unspecified atom stereocenters. The summed E-state index contributed by atoms with van der Waals surface area (Å²) in [6, 6.07) is 0. The Morgan fingerprint density at radius 1 is 1.03 bits per heavy atom. The van der Waals surface area contributed by atoms with E-state index in [9.17, 15) is 4.79 Å². The molecule has 3 saturated carbocycles. The Morgan fingerprint density at radius 3 is 2.46 bits per heavy atom. The Balaban J connectivity index is 1.43. The summed E-state index contributed by atoms with van der Waals surface area (Å²) in [6.45, 7) is 16.7. The van der Waals surface area contributed by atoms with Gasteiger partial charge >= 0.3 is 5.97 Å². The molecule has 0 radical (unpaired) electrons. The van der Waals surface area contributed by atoms with Gasteiger partial charge < -0.3 is 4.74 Å². The highest BCUT2D eigenvalue weighted by atomic mass is 79.9. The normalized spacial score (nSPS) is 40.5. The van der Waals surface area contributed by atoms with Gasteiger partial charge in [0.15, 0.2) is 0 Å². The van der Waals surface area contributed by atoms with Crippen molar-refractivity contribution < 1.29 is 9.53 Å². The number of carbonyl (C=O) groups excluding carboxylic acids is 1. The summed E-state index contributed by atoms with van der Waals surface area (Å²) < 4.78 is 5.99. The van der Waals surface area contributed by atoms with E-state index >= 15 is 0 Å². The van der Waals surface area contributed by atoms with Crippen molar-refractivity contribution in [2.24, 2.45) is 52.3 Å². The van der Waals surface area contributed by atoms with Crippen molar-refractivity contribution in [3.05, 3.63) is 11.6 Å². The second-order valence-electron chi connectivity index (χ2n) is 14.2. The third-order valence-corrected chi connectivity index (χ3v) is 12.8. The standard InChI is InChI=1S/C32H53BrO2/c1-20(2)9-8-10-22(5)26-13-14-27-25-12-11-23-19-24(35-30(34)29(33)21(3)4)15-17-31(23,6)28(25)16-18-32(26,27)7/h11,20-22,24-29H,8-10,12-19H2,1-7H3/t22-,24-,25+,26-,27+,28+,29+,31+,32-/m1/s1. The lowest BCUT2D eigenvalue weighted by molar-refractivity contribution is -0.151. The summed E-state index contributed by atoms with van der Waals surface area (Å²) in [5.41, 5.74) is 2.48. The molecule has 4 rings (SSSR count). The molecule has 4 aliphatic carbocycles. The lowest BCUT2D eigenvalue weighted by Crippen LogP contribution is -2.51. The van der Waals surface area contributed by atoms with E-state index in [1.54, 1.807) is 5.57 Å². The number of carbonyl (C=O) groups is 1. The quantitative estimate of drug-likeness (QED) is 0.171. The van der Waals surface area contributed by atoms with E-state index in [1.165, 1.54) is 57.8 Å². The highest BCUT2D eigenvalue weighted by Gasteiger charge is 2.59. The second kappa shape index (κ2) is 10.8. The fraction of sp³-hybridized carbons (Fsp3) is 0.906. The van der Waals surface area contributed by atoms with Crippen molar-refractivity contribution in [3.8, 4) is 0 Å². The van der Waals surface area contributed by atoms with Crippen LogP contribution in [0.25, 0.3) is 0 Å². The third-order valence-electron chi connectivity index (χ3n) is 11.4. The molecule has 0 aliphatic heterocycles. The van der Waals surface area contributed by atoms with Crippen LogP contribution in [0.3, 0.4) is 0 Å². The maximum Gasteiger partial charge on any atom is 0.320 e. The Hall–Kier alpha value is -0.310. The van der Waals surface area contributed by atoms with Gasteiger partial charge in [-0.2, -0.15) is 0 Å². The predicted molar refractivity (Wildman–Crippen MR) is 150 cm³/mol. The molecule has 0 N–H and O–H groups in total. The molecule has 0 amide bonds. The molecule has 3 fully saturated rings. The fourth-order valence-electron chi connectivity index (χ4n) is 9.25. The molecule has 0 bridgehead atoms. The number of esters is 1. The van der Waals surface area contributed by atoms with Crippen LogP contribution in [-0.2, 0) is 9.53 Å². The molecule has 200 valence electrons. The number of ether oxygens (including phenoxy) is 1. The Kier molecular flexibility index (Phi) is 8.57. The van der Waals surface area contributed by atoms with Gasteiger partial charge in [0, 0.05) is 6.42 Å². The molecule has 0 aromatic heterocycles. The zero-order chi connectivity index (χ0) is 25.5. The zero-order valence-electron chi connectivity index (χ0n) is 23.7. The van der Waals surface area contributed by atoms with Crippen LogP contribution < -0.4 is 0 Å². The zero-order valence-corrected chi connectivity index (χ0v) is 25.3. The monoisotopic (exact) mass is 548 g/mol. The first-order chi connectivity index (χ1) is 16.5. The average Bonchev–Trinajstić information content (AvgIpc) is 3.15. The van der Waals surface area contributed by atoms with Crippen LogP contribution in [0.2, 0.25) is 0 Å². The van der Waals surface area contributed by atoms with E-state index in [0.29, 0.717) is 10.8 Å². The third kappa shape index (κ3) is 5.33. The summed E-state index contributed by atoms with van der Waals surface area (Å²) in [6.07, 6.45) is 17.1. The van der Waals surface area contributed by atoms with Crippen LogP contribution in [0.5, 0.6) is 0 Å². The van der Waals surface area contributed by atoms with Crippen molar-refractivity contribution >= 4 is 21.9 Å².